The Bertz CT molecular complexity index is 1710. The molecule has 0 saturated carbocycles. The molecule has 1 atom stereocenters. The summed E-state index contributed by atoms with van der Waals surface area (Å²) in [5, 5.41) is 16.0. The number of furan rings is 1. The summed E-state index contributed by atoms with van der Waals surface area (Å²) in [5.74, 6) is -0.399. The SMILES string of the molecule is Cc1ccc([C@H](Nc2c(Nc3ccc(Cl)c4c3C(=O)N(c3cnccc3C(=O)O)C4)c(=O)c2=O)C(C)(C)C)o1. The fourth-order valence-electron chi connectivity index (χ4n) is 4.72. The molecule has 0 unspecified atom stereocenters. The third-order valence-corrected chi connectivity index (χ3v) is 7.08. The van der Waals surface area contributed by atoms with E-state index in [0.717, 1.165) is 0 Å². The number of carboxylic acid groups (broad SMARTS) is 1. The Kier molecular flexibility index (Phi) is 6.30. The number of carboxylic acids is 1. The summed E-state index contributed by atoms with van der Waals surface area (Å²) >= 11 is 6.42. The fourth-order valence-corrected chi connectivity index (χ4v) is 4.93. The van der Waals surface area contributed by atoms with E-state index in [9.17, 15) is 24.3 Å². The summed E-state index contributed by atoms with van der Waals surface area (Å²) in [5.41, 5.74) is -0.777. The lowest BCUT2D eigenvalue weighted by Gasteiger charge is -2.31. The Morgan fingerprint density at radius 1 is 1.10 bits per heavy atom. The molecule has 3 heterocycles. The van der Waals surface area contributed by atoms with Gasteiger partial charge in [0.2, 0.25) is 0 Å². The van der Waals surface area contributed by atoms with Crippen LogP contribution in [0, 0.1) is 12.3 Å². The highest BCUT2D eigenvalue weighted by Gasteiger charge is 2.37. The van der Waals surface area contributed by atoms with Gasteiger partial charge in [0, 0.05) is 16.8 Å². The van der Waals surface area contributed by atoms with Crippen molar-refractivity contribution >= 4 is 46.2 Å². The Hall–Kier alpha value is -4.44. The number of rotatable bonds is 7. The van der Waals surface area contributed by atoms with Gasteiger partial charge < -0.3 is 25.1 Å². The fraction of sp³-hybridized carbons (Fsp3) is 0.250. The number of aromatic nitrogens is 1. The molecule has 3 N–H and O–H groups in total. The molecule has 200 valence electrons. The number of carbonyl (C=O) groups is 2. The van der Waals surface area contributed by atoms with Crippen LogP contribution in [0.4, 0.5) is 22.7 Å². The normalized spacial score (nSPS) is 14.0. The van der Waals surface area contributed by atoms with Gasteiger partial charge in [-0.2, -0.15) is 0 Å². The third kappa shape index (κ3) is 4.46. The third-order valence-electron chi connectivity index (χ3n) is 6.72. The van der Waals surface area contributed by atoms with E-state index in [1.807, 2.05) is 39.8 Å². The van der Waals surface area contributed by atoms with Crippen LogP contribution < -0.4 is 26.4 Å². The summed E-state index contributed by atoms with van der Waals surface area (Å²) in [6.07, 6.45) is 2.63. The minimum Gasteiger partial charge on any atom is -0.478 e. The molecule has 2 aromatic heterocycles. The Morgan fingerprint density at radius 2 is 1.82 bits per heavy atom. The van der Waals surface area contributed by atoms with Crippen molar-refractivity contribution in [1.82, 2.24) is 4.98 Å². The predicted molar refractivity (Wildman–Crippen MR) is 147 cm³/mol. The van der Waals surface area contributed by atoms with Crippen LogP contribution in [0.5, 0.6) is 0 Å². The number of benzene rings is 1. The number of hydrogen-bond acceptors (Lipinski definition) is 8. The number of hydrogen-bond donors (Lipinski definition) is 3. The predicted octanol–water partition coefficient (Wildman–Crippen LogP) is 5.03. The number of nitrogens with one attached hydrogen (secondary N) is 2. The highest BCUT2D eigenvalue weighted by molar-refractivity contribution is 6.33. The van der Waals surface area contributed by atoms with Crippen LogP contribution in [0.3, 0.4) is 0 Å². The first kappa shape index (κ1) is 26.2. The Labute approximate surface area is 227 Å². The van der Waals surface area contributed by atoms with E-state index in [4.69, 9.17) is 16.0 Å². The number of nitrogens with zero attached hydrogens (tertiary/aromatic N) is 2. The lowest BCUT2D eigenvalue weighted by molar-refractivity contribution is 0.0697. The molecule has 0 fully saturated rings. The van der Waals surface area contributed by atoms with E-state index in [1.54, 1.807) is 12.1 Å². The van der Waals surface area contributed by atoms with E-state index in [2.05, 4.69) is 15.6 Å². The quantitative estimate of drug-likeness (QED) is 0.271. The van der Waals surface area contributed by atoms with Crippen LogP contribution in [0.1, 0.15) is 64.6 Å². The monoisotopic (exact) mass is 548 g/mol. The topological polar surface area (TPSA) is 142 Å². The largest absolute Gasteiger partial charge is 0.478 e. The molecule has 1 aliphatic rings. The summed E-state index contributed by atoms with van der Waals surface area (Å²) in [6.45, 7) is 7.76. The maximum Gasteiger partial charge on any atom is 0.337 e. The second-order valence-corrected chi connectivity index (χ2v) is 10.9. The number of aromatic carboxylic acids is 1. The minimum absolute atomic E-state index is 0.00939. The molecule has 0 radical (unpaired) electrons. The molecule has 0 bridgehead atoms. The maximum atomic E-state index is 13.6. The number of amides is 1. The number of halogens is 1. The molecule has 11 heteroatoms. The van der Waals surface area contributed by atoms with Crippen molar-refractivity contribution in [1.29, 1.82) is 0 Å². The molecule has 1 amide bonds. The summed E-state index contributed by atoms with van der Waals surface area (Å²) in [6, 6.07) is 7.64. The average molecular weight is 549 g/mol. The molecule has 5 rings (SSSR count). The van der Waals surface area contributed by atoms with Crippen LogP contribution in [-0.4, -0.2) is 22.0 Å². The summed E-state index contributed by atoms with van der Waals surface area (Å²) < 4.78 is 5.81. The highest BCUT2D eigenvalue weighted by Crippen LogP contribution is 2.41. The molecule has 2 aromatic carbocycles. The first-order valence-corrected chi connectivity index (χ1v) is 12.5. The lowest BCUT2D eigenvalue weighted by atomic mass is 9.85. The van der Waals surface area contributed by atoms with Crippen molar-refractivity contribution < 1.29 is 19.1 Å². The zero-order chi connectivity index (χ0) is 28.2. The van der Waals surface area contributed by atoms with E-state index in [1.165, 1.54) is 23.4 Å². The molecular weight excluding hydrogens is 524 g/mol. The zero-order valence-electron chi connectivity index (χ0n) is 21.6. The van der Waals surface area contributed by atoms with Crippen molar-refractivity contribution in [3.63, 3.8) is 0 Å². The molecule has 0 spiro atoms. The molecule has 39 heavy (non-hydrogen) atoms. The number of anilines is 4. The number of fused-ring (bicyclic) bond motifs is 1. The molecule has 1 aliphatic heterocycles. The van der Waals surface area contributed by atoms with Crippen LogP contribution in [-0.2, 0) is 6.54 Å². The molecular formula is C28H25ClN4O6. The Morgan fingerprint density at radius 3 is 2.46 bits per heavy atom. The van der Waals surface area contributed by atoms with Crippen molar-refractivity contribution in [3.8, 4) is 0 Å². The van der Waals surface area contributed by atoms with Gasteiger partial charge in [-0.15, -0.1) is 0 Å². The molecule has 0 saturated heterocycles. The highest BCUT2D eigenvalue weighted by atomic mass is 35.5. The van der Waals surface area contributed by atoms with Crippen molar-refractivity contribution in [2.45, 2.75) is 40.3 Å². The van der Waals surface area contributed by atoms with Gasteiger partial charge in [-0.3, -0.25) is 19.4 Å². The minimum atomic E-state index is -1.21. The van der Waals surface area contributed by atoms with E-state index in [-0.39, 0.29) is 45.8 Å². The van der Waals surface area contributed by atoms with Gasteiger partial charge in [0.15, 0.2) is 0 Å². The number of carbonyl (C=O) groups excluding carboxylic acids is 1. The molecule has 4 aromatic rings. The second-order valence-electron chi connectivity index (χ2n) is 10.5. The smallest absolute Gasteiger partial charge is 0.337 e. The lowest BCUT2D eigenvalue weighted by Crippen LogP contribution is -2.39. The van der Waals surface area contributed by atoms with Gasteiger partial charge in [-0.1, -0.05) is 32.4 Å². The van der Waals surface area contributed by atoms with Crippen LogP contribution in [0.15, 0.2) is 56.7 Å². The standard InChI is InChI=1S/C28H25ClN4O6/c1-13-5-8-19(39-13)25(28(2,3)4)32-22-21(23(34)24(22)35)31-17-7-6-16(29)15-12-33(26(36)20(15)17)18-11-30-10-9-14(18)27(37)38/h5-11,25,31-32H,12H2,1-4H3,(H,37,38)/t25-/m0/s1. The molecule has 0 aliphatic carbocycles. The first-order valence-electron chi connectivity index (χ1n) is 12.1. The van der Waals surface area contributed by atoms with Gasteiger partial charge in [0.05, 0.1) is 41.3 Å². The van der Waals surface area contributed by atoms with Crippen LogP contribution >= 0.6 is 11.6 Å². The summed E-state index contributed by atoms with van der Waals surface area (Å²) in [7, 11) is 0. The van der Waals surface area contributed by atoms with Gasteiger partial charge in [-0.25, -0.2) is 4.79 Å². The second kappa shape index (κ2) is 9.39. The first-order chi connectivity index (χ1) is 18.4. The van der Waals surface area contributed by atoms with Gasteiger partial charge in [-0.05, 0) is 42.7 Å². The molecule has 10 nitrogen and oxygen atoms in total. The van der Waals surface area contributed by atoms with Crippen molar-refractivity contribution in [2.75, 3.05) is 15.5 Å². The van der Waals surface area contributed by atoms with E-state index in [0.29, 0.717) is 22.1 Å². The van der Waals surface area contributed by atoms with Crippen molar-refractivity contribution in [2.24, 2.45) is 5.41 Å². The van der Waals surface area contributed by atoms with Crippen LogP contribution in [0.2, 0.25) is 5.02 Å². The summed E-state index contributed by atoms with van der Waals surface area (Å²) in [4.78, 5) is 55.9. The van der Waals surface area contributed by atoms with E-state index < -0.39 is 28.8 Å². The average Bonchev–Trinajstić information content (AvgIpc) is 3.47. The zero-order valence-corrected chi connectivity index (χ0v) is 22.3. The maximum absolute atomic E-state index is 13.6. The van der Waals surface area contributed by atoms with Crippen LogP contribution in [0.25, 0.3) is 0 Å². The van der Waals surface area contributed by atoms with Gasteiger partial charge in [0.1, 0.15) is 22.9 Å². The van der Waals surface area contributed by atoms with Gasteiger partial charge in [0.25, 0.3) is 16.8 Å². The number of pyridine rings is 1. The van der Waals surface area contributed by atoms with E-state index >= 15 is 0 Å². The van der Waals surface area contributed by atoms with Gasteiger partial charge >= 0.3 is 5.97 Å². The Balaban J connectivity index is 1.51. The van der Waals surface area contributed by atoms with Crippen molar-refractivity contribution in [3.05, 3.63) is 96.4 Å². The number of aryl methyl sites for hydroxylation is 1.